The van der Waals surface area contributed by atoms with E-state index in [0.29, 0.717) is 11.4 Å². The average molecular weight is 112 g/mol. The van der Waals surface area contributed by atoms with E-state index in [1.807, 2.05) is 13.0 Å². The molecule has 0 aromatic rings. The molecule has 0 unspecified atom stereocenters. The van der Waals surface area contributed by atoms with Gasteiger partial charge in [0, 0.05) is 5.70 Å². The van der Waals surface area contributed by atoms with Crippen LogP contribution in [0.15, 0.2) is 11.8 Å². The van der Waals surface area contributed by atoms with Crippen molar-refractivity contribution < 1.29 is 0 Å². The molecule has 0 saturated carbocycles. The SMILES string of the molecule is CC/C=C(\N)C(C)=N. The van der Waals surface area contributed by atoms with Crippen molar-refractivity contribution in [1.82, 2.24) is 0 Å². The minimum Gasteiger partial charge on any atom is -0.398 e. The van der Waals surface area contributed by atoms with E-state index in [0.717, 1.165) is 6.42 Å². The molecule has 0 spiro atoms. The molecule has 0 aromatic heterocycles. The van der Waals surface area contributed by atoms with Crippen LogP contribution in [0.1, 0.15) is 20.3 Å². The predicted octanol–water partition coefficient (Wildman–Crippen LogP) is 1.28. The first-order valence-electron chi connectivity index (χ1n) is 2.69. The van der Waals surface area contributed by atoms with Crippen molar-refractivity contribution in [3.05, 3.63) is 11.8 Å². The van der Waals surface area contributed by atoms with Crippen molar-refractivity contribution >= 4 is 5.71 Å². The number of rotatable bonds is 2. The summed E-state index contributed by atoms with van der Waals surface area (Å²) < 4.78 is 0. The molecule has 46 valence electrons. The molecule has 0 atom stereocenters. The lowest BCUT2D eigenvalue weighted by molar-refractivity contribution is 1.19. The summed E-state index contributed by atoms with van der Waals surface area (Å²) in [6.45, 7) is 3.68. The van der Waals surface area contributed by atoms with Crippen LogP contribution in [-0.4, -0.2) is 5.71 Å². The van der Waals surface area contributed by atoms with E-state index in [1.54, 1.807) is 6.92 Å². The predicted molar refractivity (Wildman–Crippen MR) is 36.0 cm³/mol. The van der Waals surface area contributed by atoms with Gasteiger partial charge in [0.25, 0.3) is 0 Å². The van der Waals surface area contributed by atoms with Gasteiger partial charge in [-0.3, -0.25) is 0 Å². The maximum absolute atomic E-state index is 7.01. The van der Waals surface area contributed by atoms with Crippen LogP contribution in [0.25, 0.3) is 0 Å². The highest BCUT2D eigenvalue weighted by Gasteiger charge is 1.87. The first kappa shape index (κ1) is 7.21. The van der Waals surface area contributed by atoms with E-state index in [9.17, 15) is 0 Å². The Hall–Kier alpha value is -0.790. The number of nitrogens with two attached hydrogens (primary N) is 1. The molecule has 0 amide bonds. The van der Waals surface area contributed by atoms with Crippen molar-refractivity contribution in [3.8, 4) is 0 Å². The van der Waals surface area contributed by atoms with Crippen molar-refractivity contribution in [2.75, 3.05) is 0 Å². The maximum Gasteiger partial charge on any atom is 0.0508 e. The molecule has 0 fully saturated rings. The van der Waals surface area contributed by atoms with E-state index in [-0.39, 0.29) is 0 Å². The fraction of sp³-hybridized carbons (Fsp3) is 0.500. The lowest BCUT2D eigenvalue weighted by Crippen LogP contribution is -2.05. The van der Waals surface area contributed by atoms with E-state index in [4.69, 9.17) is 11.1 Å². The van der Waals surface area contributed by atoms with E-state index in [1.165, 1.54) is 0 Å². The Kier molecular flexibility index (Phi) is 2.92. The van der Waals surface area contributed by atoms with Gasteiger partial charge in [0.05, 0.1) is 5.71 Å². The topological polar surface area (TPSA) is 49.9 Å². The molecular formula is C6H12N2. The average Bonchev–Trinajstić information content (AvgIpc) is 1.67. The monoisotopic (exact) mass is 112 g/mol. The normalized spacial score (nSPS) is 11.5. The van der Waals surface area contributed by atoms with Crippen LogP contribution in [0.4, 0.5) is 0 Å². The van der Waals surface area contributed by atoms with Crippen LogP contribution in [-0.2, 0) is 0 Å². The third kappa shape index (κ3) is 2.39. The van der Waals surface area contributed by atoms with Gasteiger partial charge in [0.15, 0.2) is 0 Å². The van der Waals surface area contributed by atoms with Crippen molar-refractivity contribution in [2.45, 2.75) is 20.3 Å². The molecule has 0 rings (SSSR count). The van der Waals surface area contributed by atoms with Crippen LogP contribution in [0.2, 0.25) is 0 Å². The minimum atomic E-state index is 0.451. The second-order valence-electron chi connectivity index (χ2n) is 1.69. The van der Waals surface area contributed by atoms with Gasteiger partial charge in [-0.15, -0.1) is 0 Å². The molecule has 0 bridgehead atoms. The van der Waals surface area contributed by atoms with E-state index in [2.05, 4.69) is 0 Å². The standard InChI is InChI=1S/C6H12N2/c1-3-4-6(8)5(2)7/h4,7H,3,8H2,1-2H3/b6-4-,7-5?. The zero-order valence-electron chi connectivity index (χ0n) is 5.36. The fourth-order valence-electron chi connectivity index (χ4n) is 0.373. The Morgan fingerprint density at radius 2 is 2.25 bits per heavy atom. The number of hydrogen-bond donors (Lipinski definition) is 2. The van der Waals surface area contributed by atoms with Gasteiger partial charge in [0.2, 0.25) is 0 Å². The van der Waals surface area contributed by atoms with Crippen molar-refractivity contribution in [1.29, 1.82) is 5.41 Å². The van der Waals surface area contributed by atoms with Crippen LogP contribution in [0, 0.1) is 5.41 Å². The second kappa shape index (κ2) is 3.24. The molecule has 3 N–H and O–H groups in total. The Morgan fingerprint density at radius 1 is 1.75 bits per heavy atom. The summed E-state index contributed by atoms with van der Waals surface area (Å²) in [5.74, 6) is 0. The fourth-order valence-corrected chi connectivity index (χ4v) is 0.373. The van der Waals surface area contributed by atoms with Gasteiger partial charge in [-0.2, -0.15) is 0 Å². The molecule has 0 saturated heterocycles. The lowest BCUT2D eigenvalue weighted by Gasteiger charge is -1.92. The quantitative estimate of drug-likeness (QED) is 0.519. The summed E-state index contributed by atoms with van der Waals surface area (Å²) in [5, 5.41) is 7.01. The van der Waals surface area contributed by atoms with Gasteiger partial charge in [-0.25, -0.2) is 0 Å². The van der Waals surface area contributed by atoms with Gasteiger partial charge in [-0.05, 0) is 13.3 Å². The van der Waals surface area contributed by atoms with Gasteiger partial charge in [-0.1, -0.05) is 13.0 Å². The molecule has 8 heavy (non-hydrogen) atoms. The highest BCUT2D eigenvalue weighted by Crippen LogP contribution is 1.87. The molecule has 0 aliphatic carbocycles. The zero-order chi connectivity index (χ0) is 6.57. The Balaban J connectivity index is 3.80. The molecule has 0 heterocycles. The molecule has 0 aliphatic rings. The highest BCUT2D eigenvalue weighted by atomic mass is 14.6. The summed E-state index contributed by atoms with van der Waals surface area (Å²) in [6.07, 6.45) is 2.74. The van der Waals surface area contributed by atoms with Crippen LogP contribution < -0.4 is 5.73 Å². The number of hydrogen-bond acceptors (Lipinski definition) is 2. The number of nitrogens with one attached hydrogen (secondary N) is 1. The summed E-state index contributed by atoms with van der Waals surface area (Å²) in [7, 11) is 0. The number of allylic oxidation sites excluding steroid dienone is 2. The highest BCUT2D eigenvalue weighted by molar-refractivity contribution is 5.94. The van der Waals surface area contributed by atoms with Gasteiger partial charge < -0.3 is 11.1 Å². The maximum atomic E-state index is 7.01. The van der Waals surface area contributed by atoms with Crippen LogP contribution >= 0.6 is 0 Å². The Bertz CT molecular complexity index is 114. The van der Waals surface area contributed by atoms with E-state index < -0.39 is 0 Å². The van der Waals surface area contributed by atoms with Crippen LogP contribution in [0.5, 0.6) is 0 Å². The molecule has 0 radical (unpaired) electrons. The summed E-state index contributed by atoms with van der Waals surface area (Å²) in [4.78, 5) is 0. The largest absolute Gasteiger partial charge is 0.398 e. The lowest BCUT2D eigenvalue weighted by atomic mass is 10.3. The van der Waals surface area contributed by atoms with E-state index >= 15 is 0 Å². The molecule has 2 heteroatoms. The van der Waals surface area contributed by atoms with Gasteiger partial charge >= 0.3 is 0 Å². The Labute approximate surface area is 49.9 Å². The zero-order valence-corrected chi connectivity index (χ0v) is 5.36. The summed E-state index contributed by atoms with van der Waals surface area (Å²) in [5.41, 5.74) is 6.40. The molecule has 0 aromatic carbocycles. The minimum absolute atomic E-state index is 0.451. The first-order chi connectivity index (χ1) is 3.68. The molecule has 0 aliphatic heterocycles. The van der Waals surface area contributed by atoms with Crippen molar-refractivity contribution in [2.24, 2.45) is 5.73 Å². The second-order valence-corrected chi connectivity index (χ2v) is 1.69. The smallest absolute Gasteiger partial charge is 0.0508 e. The molecule has 2 nitrogen and oxygen atoms in total. The third-order valence-electron chi connectivity index (χ3n) is 0.857. The Morgan fingerprint density at radius 3 is 2.38 bits per heavy atom. The third-order valence-corrected chi connectivity index (χ3v) is 0.857. The summed E-state index contributed by atoms with van der Waals surface area (Å²) in [6, 6.07) is 0. The van der Waals surface area contributed by atoms with Crippen molar-refractivity contribution in [3.63, 3.8) is 0 Å². The first-order valence-corrected chi connectivity index (χ1v) is 2.69. The van der Waals surface area contributed by atoms with Gasteiger partial charge in [0.1, 0.15) is 0 Å². The van der Waals surface area contributed by atoms with Crippen LogP contribution in [0.3, 0.4) is 0 Å². The molecular weight excluding hydrogens is 100 g/mol. The summed E-state index contributed by atoms with van der Waals surface area (Å²) >= 11 is 0.